The zero-order valence-corrected chi connectivity index (χ0v) is 20.7. The Bertz CT molecular complexity index is 1540. The van der Waals surface area contributed by atoms with Gasteiger partial charge in [0.1, 0.15) is 24.7 Å². The number of halogens is 1. The molecule has 1 saturated heterocycles. The van der Waals surface area contributed by atoms with Crippen LogP contribution in [0.5, 0.6) is 0 Å². The molecule has 0 radical (unpaired) electrons. The number of carbonyl (C=O) groups excluding carboxylic acids is 2. The van der Waals surface area contributed by atoms with E-state index >= 15 is 0 Å². The van der Waals surface area contributed by atoms with Gasteiger partial charge in [0.05, 0.1) is 10.4 Å². The molecular formula is C23H23FN6O4S2. The van der Waals surface area contributed by atoms with E-state index < -0.39 is 21.9 Å². The number of nitrogens with zero attached hydrogens (tertiary/aromatic N) is 5. The largest absolute Gasteiger partial charge is 0.333 e. The highest BCUT2D eigenvalue weighted by Crippen LogP contribution is 2.26. The van der Waals surface area contributed by atoms with Gasteiger partial charge in [-0.25, -0.2) is 17.8 Å². The molecule has 188 valence electrons. The van der Waals surface area contributed by atoms with Gasteiger partial charge in [-0.15, -0.1) is 0 Å². The van der Waals surface area contributed by atoms with E-state index in [4.69, 9.17) is 0 Å². The number of benzene rings is 2. The van der Waals surface area contributed by atoms with Crippen molar-refractivity contribution in [2.45, 2.75) is 17.9 Å². The van der Waals surface area contributed by atoms with Gasteiger partial charge in [0.2, 0.25) is 16.9 Å². The van der Waals surface area contributed by atoms with Gasteiger partial charge >= 0.3 is 0 Å². The molecular weight excluding hydrogens is 507 g/mol. The first kappa shape index (κ1) is 23.9. The van der Waals surface area contributed by atoms with Crippen molar-refractivity contribution in [2.75, 3.05) is 29.3 Å². The Kier molecular flexibility index (Phi) is 6.18. The van der Waals surface area contributed by atoms with Gasteiger partial charge in [0, 0.05) is 43.3 Å². The van der Waals surface area contributed by atoms with E-state index in [1.54, 1.807) is 48.0 Å². The lowest BCUT2D eigenvalue weighted by Crippen LogP contribution is -2.53. The molecule has 0 unspecified atom stereocenters. The van der Waals surface area contributed by atoms with Crippen LogP contribution in [0, 0.1) is 5.82 Å². The molecule has 0 aliphatic carbocycles. The SMILES string of the molecule is C[C@@H](C(=O)N1CCN(c2ccc(S(=O)(=O)Nc3ncns3)cc2)C(=O)C1)n1ccc2cccc(F)c21.[HH]. The Morgan fingerprint density at radius 3 is 2.64 bits per heavy atom. The minimum atomic E-state index is -3.84. The normalized spacial score (nSPS) is 15.3. The second kappa shape index (κ2) is 9.32. The number of hydrogen-bond acceptors (Lipinski definition) is 7. The summed E-state index contributed by atoms with van der Waals surface area (Å²) in [7, 11) is -3.84. The summed E-state index contributed by atoms with van der Waals surface area (Å²) in [6, 6.07) is 11.7. The third kappa shape index (κ3) is 4.42. The Morgan fingerprint density at radius 1 is 1.17 bits per heavy atom. The Morgan fingerprint density at radius 2 is 1.94 bits per heavy atom. The summed E-state index contributed by atoms with van der Waals surface area (Å²) in [5.74, 6) is -0.997. The second-order valence-corrected chi connectivity index (χ2v) is 10.7. The van der Waals surface area contributed by atoms with Gasteiger partial charge in [0.25, 0.3) is 10.0 Å². The number of anilines is 2. The Hall–Kier alpha value is -3.84. The van der Waals surface area contributed by atoms with E-state index in [2.05, 4.69) is 14.1 Å². The average Bonchev–Trinajstić information content (AvgIpc) is 3.53. The van der Waals surface area contributed by atoms with E-state index in [1.807, 2.05) is 0 Å². The molecule has 10 nitrogen and oxygen atoms in total. The molecule has 13 heteroatoms. The van der Waals surface area contributed by atoms with Crippen LogP contribution in [-0.2, 0) is 19.6 Å². The second-order valence-electron chi connectivity index (χ2n) is 8.23. The van der Waals surface area contributed by atoms with Crippen molar-refractivity contribution in [3.05, 3.63) is 66.9 Å². The van der Waals surface area contributed by atoms with Crippen molar-refractivity contribution in [1.82, 2.24) is 18.8 Å². The molecule has 5 rings (SSSR count). The number of amides is 2. The molecule has 1 atom stereocenters. The molecule has 0 saturated carbocycles. The van der Waals surface area contributed by atoms with Gasteiger partial charge in [-0.2, -0.15) is 4.37 Å². The smallest absolute Gasteiger partial charge is 0.263 e. The summed E-state index contributed by atoms with van der Waals surface area (Å²) in [6.07, 6.45) is 2.92. The molecule has 0 bridgehead atoms. The van der Waals surface area contributed by atoms with Crippen LogP contribution < -0.4 is 9.62 Å². The Labute approximate surface area is 211 Å². The molecule has 4 aromatic rings. The van der Waals surface area contributed by atoms with Crippen molar-refractivity contribution < 1.29 is 23.8 Å². The van der Waals surface area contributed by atoms with Crippen LogP contribution in [0.25, 0.3) is 10.9 Å². The summed E-state index contributed by atoms with van der Waals surface area (Å²) in [4.78, 5) is 32.8. The number of piperazine rings is 1. The van der Waals surface area contributed by atoms with Crippen LogP contribution in [0.1, 0.15) is 14.4 Å². The zero-order valence-electron chi connectivity index (χ0n) is 19.0. The maximum Gasteiger partial charge on any atom is 0.263 e. The van der Waals surface area contributed by atoms with Crippen LogP contribution in [0.3, 0.4) is 0 Å². The lowest BCUT2D eigenvalue weighted by atomic mass is 10.2. The number of carbonyl (C=O) groups is 2. The third-order valence-electron chi connectivity index (χ3n) is 6.04. The lowest BCUT2D eigenvalue weighted by molar-refractivity contribution is -0.139. The summed E-state index contributed by atoms with van der Waals surface area (Å²) in [5.41, 5.74) is 0.868. The summed E-state index contributed by atoms with van der Waals surface area (Å²) in [5, 5.41) is 0.847. The average molecular weight is 531 g/mol. The number of rotatable bonds is 6. The zero-order chi connectivity index (χ0) is 25.4. The highest BCUT2D eigenvalue weighted by Gasteiger charge is 2.31. The molecule has 1 aliphatic heterocycles. The van der Waals surface area contributed by atoms with Crippen LogP contribution in [0.4, 0.5) is 15.2 Å². The maximum atomic E-state index is 14.4. The fourth-order valence-corrected chi connectivity index (χ4v) is 5.87. The molecule has 1 aliphatic rings. The van der Waals surface area contributed by atoms with Crippen molar-refractivity contribution in [2.24, 2.45) is 0 Å². The van der Waals surface area contributed by atoms with E-state index in [9.17, 15) is 22.4 Å². The standard InChI is InChI=1S/C23H21FN6O4S2.H2/c1-15(29-10-9-16-3-2-4-19(24)21(16)29)22(32)28-11-12-30(20(31)13-28)17-5-7-18(8-6-17)36(33,34)27-23-25-14-26-35-23;/h2-10,14-15H,11-13H2,1H3,(H,25,26,27);1H/t15-;/m0./s1. The number of sulfonamides is 1. The molecule has 0 spiro atoms. The summed E-state index contributed by atoms with van der Waals surface area (Å²) in [6.45, 7) is 2.08. The van der Waals surface area contributed by atoms with Gasteiger partial charge in [0.15, 0.2) is 0 Å². The van der Waals surface area contributed by atoms with Gasteiger partial charge in [-0.05, 0) is 43.3 Å². The predicted octanol–water partition coefficient (Wildman–Crippen LogP) is 3.12. The molecule has 36 heavy (non-hydrogen) atoms. The lowest BCUT2D eigenvalue weighted by Gasteiger charge is -2.35. The van der Waals surface area contributed by atoms with E-state index in [-0.39, 0.29) is 42.9 Å². The first-order valence-corrected chi connectivity index (χ1v) is 13.2. The number of hydrogen-bond donors (Lipinski definition) is 1. The fraction of sp³-hybridized carbons (Fsp3) is 0.217. The molecule has 2 aromatic carbocycles. The van der Waals surface area contributed by atoms with Gasteiger partial charge in [-0.3, -0.25) is 14.3 Å². The minimum absolute atomic E-state index is 0. The van der Waals surface area contributed by atoms with E-state index in [1.165, 1.54) is 34.3 Å². The van der Waals surface area contributed by atoms with Crippen molar-refractivity contribution in [3.63, 3.8) is 0 Å². The van der Waals surface area contributed by atoms with Crippen LogP contribution in [-0.4, -0.2) is 58.7 Å². The third-order valence-corrected chi connectivity index (χ3v) is 8.10. The van der Waals surface area contributed by atoms with Crippen molar-refractivity contribution in [3.8, 4) is 0 Å². The molecule has 3 heterocycles. The maximum absolute atomic E-state index is 14.4. The van der Waals surface area contributed by atoms with Crippen molar-refractivity contribution >= 4 is 55.1 Å². The number of aromatic nitrogens is 3. The quantitative estimate of drug-likeness (QED) is 0.409. The number of para-hydroxylation sites is 1. The summed E-state index contributed by atoms with van der Waals surface area (Å²) < 4.78 is 47.1. The molecule has 1 fully saturated rings. The first-order valence-electron chi connectivity index (χ1n) is 11.0. The van der Waals surface area contributed by atoms with E-state index in [0.717, 1.165) is 11.5 Å². The van der Waals surface area contributed by atoms with Gasteiger partial charge in [-0.1, -0.05) is 12.1 Å². The highest BCUT2D eigenvalue weighted by molar-refractivity contribution is 7.93. The minimum Gasteiger partial charge on any atom is -0.333 e. The number of fused-ring (bicyclic) bond motifs is 1. The molecule has 2 aromatic heterocycles. The van der Waals surface area contributed by atoms with Crippen molar-refractivity contribution in [1.29, 1.82) is 0 Å². The Balaban J connectivity index is 0.00000320. The van der Waals surface area contributed by atoms with Crippen LogP contribution in [0.15, 0.2) is 66.0 Å². The van der Waals surface area contributed by atoms with E-state index in [0.29, 0.717) is 16.6 Å². The number of nitrogens with one attached hydrogen (secondary N) is 1. The van der Waals surface area contributed by atoms with Crippen LogP contribution in [0.2, 0.25) is 0 Å². The molecule has 2 amide bonds. The highest BCUT2D eigenvalue weighted by atomic mass is 32.2. The predicted molar refractivity (Wildman–Crippen MR) is 135 cm³/mol. The fourth-order valence-electron chi connectivity index (χ4n) is 4.21. The van der Waals surface area contributed by atoms with Gasteiger partial charge < -0.3 is 14.4 Å². The summed E-state index contributed by atoms with van der Waals surface area (Å²) >= 11 is 0.919. The molecule has 1 N–H and O–H groups in total. The van der Waals surface area contributed by atoms with Crippen LogP contribution >= 0.6 is 11.5 Å². The monoisotopic (exact) mass is 530 g/mol. The topological polar surface area (TPSA) is 118 Å². The first-order chi connectivity index (χ1) is 17.2.